The molecule has 0 aliphatic heterocycles. The number of carbonyl (C=O) groups is 1. The summed E-state index contributed by atoms with van der Waals surface area (Å²) >= 11 is 1.22. The molecule has 0 radical (unpaired) electrons. The van der Waals surface area contributed by atoms with E-state index in [1.165, 1.54) is 30.8 Å². The summed E-state index contributed by atoms with van der Waals surface area (Å²) in [6.07, 6.45) is 0.584. The van der Waals surface area contributed by atoms with Gasteiger partial charge in [-0.2, -0.15) is 0 Å². The zero-order valence-corrected chi connectivity index (χ0v) is 10.6. The van der Waals surface area contributed by atoms with Crippen LogP contribution in [0.3, 0.4) is 0 Å². The van der Waals surface area contributed by atoms with Gasteiger partial charge in [0.05, 0.1) is 4.92 Å². The van der Waals surface area contributed by atoms with E-state index >= 15 is 0 Å². The molecule has 1 aromatic rings. The normalized spacial score (nSPS) is 9.39. The summed E-state index contributed by atoms with van der Waals surface area (Å²) in [6.45, 7) is 1.51. The number of hydrogen-bond acceptors (Lipinski definition) is 5. The van der Waals surface area contributed by atoms with Gasteiger partial charge in [-0.25, -0.2) is 0 Å². The van der Waals surface area contributed by atoms with E-state index in [1.807, 2.05) is 0 Å². The van der Waals surface area contributed by atoms with Crippen molar-refractivity contribution < 1.29 is 9.72 Å². The molecule has 0 heterocycles. The van der Waals surface area contributed by atoms with Crippen LogP contribution in [0.25, 0.3) is 0 Å². The highest BCUT2D eigenvalue weighted by Gasteiger charge is 2.09. The van der Waals surface area contributed by atoms with Crippen molar-refractivity contribution in [1.82, 2.24) is 0 Å². The summed E-state index contributed by atoms with van der Waals surface area (Å²) in [5, 5.41) is 10.6. The van der Waals surface area contributed by atoms with Crippen molar-refractivity contribution in [2.75, 3.05) is 11.5 Å². The third-order valence-electron chi connectivity index (χ3n) is 1.99. The Kier molecular flexibility index (Phi) is 5.21. The van der Waals surface area contributed by atoms with Crippen LogP contribution in [0.5, 0.6) is 0 Å². The number of nitro benzene ring substituents is 1. The summed E-state index contributed by atoms with van der Waals surface area (Å²) in [7, 11) is 0. The number of benzene rings is 1. The molecule has 0 spiro atoms. The number of thioether (sulfide) groups is 1. The Morgan fingerprint density at radius 3 is 2.83 bits per heavy atom. The van der Waals surface area contributed by atoms with Gasteiger partial charge in [0.15, 0.2) is 5.12 Å². The predicted octanol–water partition coefficient (Wildman–Crippen LogP) is 2.20. The summed E-state index contributed by atoms with van der Waals surface area (Å²) < 4.78 is 0. The summed E-state index contributed by atoms with van der Waals surface area (Å²) in [5.41, 5.74) is 6.15. The molecule has 2 N–H and O–H groups in total. The lowest BCUT2D eigenvalue weighted by Crippen LogP contribution is -1.95. The molecule has 0 unspecified atom stereocenters. The maximum atomic E-state index is 10.7. The van der Waals surface area contributed by atoms with Crippen LogP contribution in [0.2, 0.25) is 0 Å². The van der Waals surface area contributed by atoms with E-state index in [0.717, 1.165) is 0 Å². The van der Waals surface area contributed by atoms with Crippen LogP contribution in [-0.2, 0) is 4.79 Å². The van der Waals surface area contributed by atoms with Crippen LogP contribution in [-0.4, -0.2) is 15.8 Å². The van der Waals surface area contributed by atoms with Crippen molar-refractivity contribution in [2.45, 2.75) is 13.3 Å². The maximum Gasteiger partial charge on any atom is 0.292 e. The first kappa shape index (κ1) is 14.1. The monoisotopic (exact) mass is 264 g/mol. The minimum atomic E-state index is -0.532. The second kappa shape index (κ2) is 6.67. The quantitative estimate of drug-likeness (QED) is 0.297. The molecule has 0 bridgehead atoms. The number of nitrogens with two attached hydrogens (primary N) is 1. The van der Waals surface area contributed by atoms with Gasteiger partial charge in [0, 0.05) is 30.7 Å². The zero-order chi connectivity index (χ0) is 13.5. The van der Waals surface area contributed by atoms with Crippen molar-refractivity contribution >= 4 is 28.3 Å². The van der Waals surface area contributed by atoms with Crippen LogP contribution in [0.4, 0.5) is 11.4 Å². The molecule has 5 nitrogen and oxygen atoms in total. The van der Waals surface area contributed by atoms with Crippen molar-refractivity contribution in [1.29, 1.82) is 0 Å². The lowest BCUT2D eigenvalue weighted by Gasteiger charge is -1.97. The molecular weight excluding hydrogens is 252 g/mol. The minimum Gasteiger partial charge on any atom is -0.393 e. The minimum absolute atomic E-state index is 0.0661. The fourth-order valence-corrected chi connectivity index (χ4v) is 1.70. The molecule has 1 aromatic carbocycles. The van der Waals surface area contributed by atoms with E-state index in [0.29, 0.717) is 17.7 Å². The molecule has 6 heteroatoms. The molecule has 0 aliphatic rings. The van der Waals surface area contributed by atoms with Gasteiger partial charge in [0.25, 0.3) is 5.69 Å². The van der Waals surface area contributed by atoms with Crippen molar-refractivity contribution in [3.63, 3.8) is 0 Å². The number of nitrogens with zero attached hydrogens (tertiary/aromatic N) is 1. The van der Waals surface area contributed by atoms with Crippen LogP contribution in [0, 0.1) is 22.0 Å². The molecule has 0 saturated carbocycles. The Labute approximate surface area is 109 Å². The molecular formula is C12H12N2O3S. The fourth-order valence-electron chi connectivity index (χ4n) is 1.21. The predicted molar refractivity (Wildman–Crippen MR) is 72.1 cm³/mol. The zero-order valence-electron chi connectivity index (χ0n) is 9.80. The number of anilines is 1. The fraction of sp³-hybridized carbons (Fsp3) is 0.250. The second-order valence-electron chi connectivity index (χ2n) is 3.42. The van der Waals surface area contributed by atoms with Crippen LogP contribution in [0.15, 0.2) is 18.2 Å². The SMILES string of the molecule is CC(=O)SCCC#Cc1ccc([N+](=O)[O-])c(N)c1. The molecule has 0 fully saturated rings. The topological polar surface area (TPSA) is 86.2 Å². The Balaban J connectivity index is 2.64. The van der Waals surface area contributed by atoms with E-state index in [-0.39, 0.29) is 16.5 Å². The van der Waals surface area contributed by atoms with Gasteiger partial charge in [-0.15, -0.1) is 0 Å². The molecule has 0 amide bonds. The van der Waals surface area contributed by atoms with Crippen molar-refractivity contribution in [2.24, 2.45) is 0 Å². The van der Waals surface area contributed by atoms with E-state index in [4.69, 9.17) is 5.73 Å². The number of nitro groups is 1. The number of nitrogen functional groups attached to an aromatic ring is 1. The van der Waals surface area contributed by atoms with Crippen molar-refractivity contribution in [3.8, 4) is 11.8 Å². The average molecular weight is 264 g/mol. The standard InChI is InChI=1S/C12H12N2O3S/c1-9(15)18-7-3-2-4-10-5-6-12(14(16)17)11(13)8-10/h5-6,8H,3,7,13H2,1H3. The molecule has 1 rings (SSSR count). The summed E-state index contributed by atoms with van der Waals surface area (Å²) in [4.78, 5) is 20.7. The van der Waals surface area contributed by atoms with Gasteiger partial charge in [0.1, 0.15) is 5.69 Å². The third-order valence-corrected chi connectivity index (χ3v) is 2.80. The second-order valence-corrected chi connectivity index (χ2v) is 4.69. The van der Waals surface area contributed by atoms with E-state index in [2.05, 4.69) is 11.8 Å². The summed E-state index contributed by atoms with van der Waals surface area (Å²) in [5.74, 6) is 6.38. The Bertz CT molecular complexity index is 532. The van der Waals surface area contributed by atoms with Crippen LogP contribution >= 0.6 is 11.8 Å². The first-order chi connectivity index (χ1) is 8.50. The third kappa shape index (κ3) is 4.47. The highest BCUT2D eigenvalue weighted by atomic mass is 32.2. The van der Waals surface area contributed by atoms with Crippen LogP contribution in [0.1, 0.15) is 18.9 Å². The molecule has 0 aliphatic carbocycles. The van der Waals surface area contributed by atoms with Gasteiger partial charge in [0.2, 0.25) is 0 Å². The van der Waals surface area contributed by atoms with E-state index in [1.54, 1.807) is 6.07 Å². The lowest BCUT2D eigenvalue weighted by atomic mass is 10.2. The molecule has 0 aromatic heterocycles. The lowest BCUT2D eigenvalue weighted by molar-refractivity contribution is -0.383. The Morgan fingerprint density at radius 2 is 2.28 bits per heavy atom. The number of hydrogen-bond donors (Lipinski definition) is 1. The number of rotatable bonds is 3. The Hall–Kier alpha value is -2.00. The molecule has 0 saturated heterocycles. The van der Waals surface area contributed by atoms with E-state index < -0.39 is 4.92 Å². The first-order valence-electron chi connectivity index (χ1n) is 5.17. The van der Waals surface area contributed by atoms with Gasteiger partial charge >= 0.3 is 0 Å². The van der Waals surface area contributed by atoms with Crippen LogP contribution < -0.4 is 5.73 Å². The van der Waals surface area contributed by atoms with E-state index in [9.17, 15) is 14.9 Å². The highest BCUT2D eigenvalue weighted by Crippen LogP contribution is 2.21. The van der Waals surface area contributed by atoms with Crippen molar-refractivity contribution in [3.05, 3.63) is 33.9 Å². The van der Waals surface area contributed by atoms with Gasteiger partial charge in [-0.05, 0) is 12.1 Å². The first-order valence-corrected chi connectivity index (χ1v) is 6.15. The largest absolute Gasteiger partial charge is 0.393 e. The molecule has 0 atom stereocenters. The van der Waals surface area contributed by atoms with Gasteiger partial charge in [-0.3, -0.25) is 14.9 Å². The maximum absolute atomic E-state index is 10.7. The summed E-state index contributed by atoms with van der Waals surface area (Å²) in [6, 6.07) is 4.37. The highest BCUT2D eigenvalue weighted by molar-refractivity contribution is 8.13. The molecule has 94 valence electrons. The van der Waals surface area contributed by atoms with Gasteiger partial charge in [-0.1, -0.05) is 23.6 Å². The number of carbonyl (C=O) groups excluding carboxylic acids is 1. The smallest absolute Gasteiger partial charge is 0.292 e. The van der Waals surface area contributed by atoms with Gasteiger partial charge < -0.3 is 5.73 Å². The molecule has 18 heavy (non-hydrogen) atoms. The average Bonchev–Trinajstić information content (AvgIpc) is 2.27. The Morgan fingerprint density at radius 1 is 1.56 bits per heavy atom.